The first-order valence-electron chi connectivity index (χ1n) is 10.4. The van der Waals surface area contributed by atoms with Crippen molar-refractivity contribution >= 4 is 15.9 Å². The fourth-order valence-corrected chi connectivity index (χ4v) is 4.64. The van der Waals surface area contributed by atoms with Crippen LogP contribution in [0.1, 0.15) is 16.8 Å². The van der Waals surface area contributed by atoms with Gasteiger partial charge in [0.1, 0.15) is 0 Å². The number of nitrogens with zero attached hydrogens (tertiary/aromatic N) is 2. The normalized spacial score (nSPS) is 11.8. The molecule has 0 saturated heterocycles. The highest BCUT2D eigenvalue weighted by molar-refractivity contribution is 7.91. The minimum atomic E-state index is -3.55. The predicted molar refractivity (Wildman–Crippen MR) is 127 cm³/mol. The van der Waals surface area contributed by atoms with E-state index in [9.17, 15) is 18.3 Å². The first-order valence-corrected chi connectivity index (χ1v) is 12.0. The number of rotatable bonds is 10. The summed E-state index contributed by atoms with van der Waals surface area (Å²) in [5.41, 5.74) is 1.98. The Morgan fingerprint density at radius 2 is 1.73 bits per heavy atom. The summed E-state index contributed by atoms with van der Waals surface area (Å²) in [6.45, 7) is 1.95. The smallest absolute Gasteiger partial charge is 0.328 e. The highest BCUT2D eigenvalue weighted by atomic mass is 32.2. The number of benzene rings is 2. The highest BCUT2D eigenvalue weighted by Gasteiger charge is 2.17. The van der Waals surface area contributed by atoms with Gasteiger partial charge in [-0.3, -0.25) is 9.13 Å². The van der Waals surface area contributed by atoms with Crippen LogP contribution in [-0.2, 0) is 22.9 Å². The van der Waals surface area contributed by atoms with Crippen molar-refractivity contribution in [1.29, 1.82) is 0 Å². The molecular weight excluding hydrogens is 444 g/mol. The van der Waals surface area contributed by atoms with Gasteiger partial charge >= 0.3 is 5.69 Å². The molecule has 9 heteroatoms. The summed E-state index contributed by atoms with van der Waals surface area (Å²) in [5.74, 6) is 0.909. The molecule has 8 nitrogen and oxygen atoms in total. The average Bonchev–Trinajstić information content (AvgIpc) is 3.10. The summed E-state index contributed by atoms with van der Waals surface area (Å²) in [7, 11) is -0.463. The van der Waals surface area contributed by atoms with E-state index in [1.807, 2.05) is 13.0 Å². The lowest BCUT2D eigenvalue weighted by atomic mass is 10.2. The van der Waals surface area contributed by atoms with Crippen LogP contribution in [0.15, 0.2) is 64.4 Å². The Hall–Kier alpha value is -3.30. The fraction of sp³-hybridized carbons (Fsp3) is 0.292. The van der Waals surface area contributed by atoms with Crippen LogP contribution in [0.25, 0.3) is 6.08 Å². The first kappa shape index (κ1) is 24.3. The van der Waals surface area contributed by atoms with Crippen LogP contribution in [0, 0.1) is 6.92 Å². The number of aryl methyl sites for hydroxylation is 2. The van der Waals surface area contributed by atoms with Crippen LogP contribution < -0.4 is 15.2 Å². The number of methoxy groups -OCH3 is 2. The molecule has 3 rings (SSSR count). The van der Waals surface area contributed by atoms with Crippen molar-refractivity contribution < 1.29 is 23.0 Å². The second kappa shape index (κ2) is 10.5. The van der Waals surface area contributed by atoms with E-state index in [1.165, 1.54) is 22.3 Å². The summed E-state index contributed by atoms with van der Waals surface area (Å²) >= 11 is 0. The summed E-state index contributed by atoms with van der Waals surface area (Å²) in [4.78, 5) is 13.3. The van der Waals surface area contributed by atoms with E-state index < -0.39 is 9.84 Å². The van der Waals surface area contributed by atoms with Gasteiger partial charge < -0.3 is 14.6 Å². The average molecular weight is 473 g/mol. The quantitative estimate of drug-likeness (QED) is 0.487. The molecule has 33 heavy (non-hydrogen) atoms. The van der Waals surface area contributed by atoms with Gasteiger partial charge in [-0.05, 0) is 42.8 Å². The molecule has 1 aromatic heterocycles. The molecule has 0 amide bonds. The summed E-state index contributed by atoms with van der Waals surface area (Å²) in [6, 6.07) is 12.0. The van der Waals surface area contributed by atoms with E-state index >= 15 is 0 Å². The standard InChI is InChI=1S/C24H28N2O6S/c1-18-6-9-21(10-7-18)33(29,30)14-12-25-17-20(5-4-13-27)26(24(25)28)16-19-8-11-22(31-2)23(15-19)32-3/h4-11,15,17,27H,12-14,16H2,1-3H3/b5-4+. The zero-order chi connectivity index (χ0) is 24.0. The molecule has 0 aliphatic rings. The fourth-order valence-electron chi connectivity index (χ4n) is 3.42. The molecule has 0 spiro atoms. The third kappa shape index (κ3) is 5.74. The molecule has 1 N–H and O–H groups in total. The van der Waals surface area contributed by atoms with Crippen molar-refractivity contribution in [2.75, 3.05) is 26.6 Å². The Kier molecular flexibility index (Phi) is 7.78. The number of ether oxygens (including phenoxy) is 2. The molecular formula is C24H28N2O6S. The number of hydrogen-bond acceptors (Lipinski definition) is 6. The zero-order valence-corrected chi connectivity index (χ0v) is 19.7. The van der Waals surface area contributed by atoms with Crippen LogP contribution in [0.4, 0.5) is 0 Å². The van der Waals surface area contributed by atoms with E-state index in [-0.39, 0.29) is 36.0 Å². The van der Waals surface area contributed by atoms with Gasteiger partial charge in [-0.15, -0.1) is 0 Å². The van der Waals surface area contributed by atoms with E-state index in [2.05, 4.69) is 0 Å². The number of aliphatic hydroxyl groups is 1. The van der Waals surface area contributed by atoms with E-state index in [0.29, 0.717) is 17.2 Å². The molecule has 0 fully saturated rings. The molecule has 0 unspecified atom stereocenters. The molecule has 0 atom stereocenters. The lowest BCUT2D eigenvalue weighted by Gasteiger charge is -2.10. The van der Waals surface area contributed by atoms with Gasteiger partial charge in [0, 0.05) is 12.7 Å². The number of hydrogen-bond donors (Lipinski definition) is 1. The van der Waals surface area contributed by atoms with Gasteiger partial charge in [0.25, 0.3) is 0 Å². The molecule has 1 heterocycles. The van der Waals surface area contributed by atoms with Crippen molar-refractivity contribution in [1.82, 2.24) is 9.13 Å². The Morgan fingerprint density at radius 3 is 2.36 bits per heavy atom. The van der Waals surface area contributed by atoms with Gasteiger partial charge in [0.2, 0.25) is 0 Å². The number of aromatic nitrogens is 2. The van der Waals surface area contributed by atoms with Gasteiger partial charge in [0.15, 0.2) is 21.3 Å². The summed E-state index contributed by atoms with van der Waals surface area (Å²) in [5, 5.41) is 9.18. The van der Waals surface area contributed by atoms with Crippen LogP contribution >= 0.6 is 0 Å². The van der Waals surface area contributed by atoms with Gasteiger partial charge in [-0.1, -0.05) is 29.8 Å². The van der Waals surface area contributed by atoms with Gasteiger partial charge in [-0.2, -0.15) is 0 Å². The van der Waals surface area contributed by atoms with Crippen molar-refractivity contribution in [3.8, 4) is 11.5 Å². The van der Waals surface area contributed by atoms with Crippen molar-refractivity contribution in [3.05, 3.63) is 82.0 Å². The summed E-state index contributed by atoms with van der Waals surface area (Å²) in [6.07, 6.45) is 4.75. The Labute approximate surface area is 193 Å². The monoisotopic (exact) mass is 472 g/mol. The third-order valence-electron chi connectivity index (χ3n) is 5.24. The number of aliphatic hydroxyl groups excluding tert-OH is 1. The highest BCUT2D eigenvalue weighted by Crippen LogP contribution is 2.28. The number of imidazole rings is 1. The van der Waals surface area contributed by atoms with E-state index in [1.54, 1.807) is 55.8 Å². The Balaban J connectivity index is 1.89. The SMILES string of the molecule is COc1ccc(Cn2c(/C=C/CO)cn(CCS(=O)(=O)c3ccc(C)cc3)c2=O)cc1OC. The van der Waals surface area contributed by atoms with Crippen molar-refractivity contribution in [3.63, 3.8) is 0 Å². The second-order valence-electron chi connectivity index (χ2n) is 7.52. The van der Waals surface area contributed by atoms with Gasteiger partial charge in [0.05, 0.1) is 43.7 Å². The number of sulfone groups is 1. The molecule has 0 saturated carbocycles. The molecule has 176 valence electrons. The third-order valence-corrected chi connectivity index (χ3v) is 6.95. The molecule has 0 aliphatic heterocycles. The minimum absolute atomic E-state index is 0.00788. The summed E-state index contributed by atoms with van der Waals surface area (Å²) < 4.78 is 38.9. The lowest BCUT2D eigenvalue weighted by Crippen LogP contribution is -2.27. The molecule has 2 aromatic carbocycles. The maximum atomic E-state index is 13.1. The van der Waals surface area contributed by atoms with Crippen molar-refractivity contribution in [2.45, 2.75) is 24.9 Å². The minimum Gasteiger partial charge on any atom is -0.493 e. The van der Waals surface area contributed by atoms with Crippen LogP contribution in [0.2, 0.25) is 0 Å². The molecule has 0 bridgehead atoms. The largest absolute Gasteiger partial charge is 0.493 e. The van der Waals surface area contributed by atoms with Crippen LogP contribution in [0.3, 0.4) is 0 Å². The zero-order valence-electron chi connectivity index (χ0n) is 18.9. The Morgan fingerprint density at radius 1 is 1.03 bits per heavy atom. The van der Waals surface area contributed by atoms with Gasteiger partial charge in [-0.25, -0.2) is 13.2 Å². The second-order valence-corrected chi connectivity index (χ2v) is 9.63. The Bertz CT molecular complexity index is 1290. The van der Waals surface area contributed by atoms with Crippen LogP contribution in [-0.4, -0.2) is 49.2 Å². The topological polar surface area (TPSA) is 99.8 Å². The lowest BCUT2D eigenvalue weighted by molar-refractivity contribution is 0.343. The maximum absolute atomic E-state index is 13.1. The molecule has 0 radical (unpaired) electrons. The van der Waals surface area contributed by atoms with E-state index in [4.69, 9.17) is 9.47 Å². The van der Waals surface area contributed by atoms with Crippen molar-refractivity contribution in [2.24, 2.45) is 0 Å². The predicted octanol–water partition coefficient (Wildman–Crippen LogP) is 2.50. The first-order chi connectivity index (χ1) is 15.8. The maximum Gasteiger partial charge on any atom is 0.328 e. The molecule has 0 aliphatic carbocycles. The molecule has 3 aromatic rings. The van der Waals surface area contributed by atoms with Crippen LogP contribution in [0.5, 0.6) is 11.5 Å². The van der Waals surface area contributed by atoms with E-state index in [0.717, 1.165) is 11.1 Å².